The number of nitrogens with zero attached hydrogens (tertiary/aromatic N) is 1. The summed E-state index contributed by atoms with van der Waals surface area (Å²) in [5, 5.41) is 13.0. The van der Waals surface area contributed by atoms with E-state index in [0.717, 1.165) is 25.6 Å². The molecule has 3 heteroatoms. The van der Waals surface area contributed by atoms with E-state index in [4.69, 9.17) is 0 Å². The monoisotopic (exact) mass is 270 g/mol. The van der Waals surface area contributed by atoms with Gasteiger partial charge in [0.05, 0.1) is 6.61 Å². The second-order valence-corrected chi connectivity index (χ2v) is 6.81. The van der Waals surface area contributed by atoms with Gasteiger partial charge >= 0.3 is 0 Å². The maximum absolute atomic E-state index is 9.32. The Morgan fingerprint density at radius 2 is 2.00 bits per heavy atom. The number of hydrogen-bond donors (Lipinski definition) is 2. The van der Waals surface area contributed by atoms with Crippen LogP contribution in [0, 0.1) is 11.3 Å². The zero-order valence-corrected chi connectivity index (χ0v) is 13.4. The maximum Gasteiger partial charge on any atom is 0.0584 e. The van der Waals surface area contributed by atoms with Gasteiger partial charge in [-0.3, -0.25) is 0 Å². The molecule has 0 spiro atoms. The number of nitrogens with one attached hydrogen (secondary N) is 1. The lowest BCUT2D eigenvalue weighted by Crippen LogP contribution is -2.48. The minimum absolute atomic E-state index is 0.255. The van der Waals surface area contributed by atoms with Crippen molar-refractivity contribution in [1.82, 2.24) is 10.2 Å². The second-order valence-electron chi connectivity index (χ2n) is 6.81. The number of aliphatic hydroxyl groups is 1. The van der Waals surface area contributed by atoms with Crippen LogP contribution in [-0.2, 0) is 0 Å². The van der Waals surface area contributed by atoms with Gasteiger partial charge in [-0.15, -0.1) is 0 Å². The lowest BCUT2D eigenvalue weighted by Gasteiger charge is -2.43. The highest BCUT2D eigenvalue weighted by atomic mass is 16.3. The van der Waals surface area contributed by atoms with E-state index < -0.39 is 0 Å². The van der Waals surface area contributed by atoms with Gasteiger partial charge in [-0.1, -0.05) is 26.7 Å². The smallest absolute Gasteiger partial charge is 0.0584 e. The fourth-order valence-electron chi connectivity index (χ4n) is 3.12. The fraction of sp³-hybridized carbons (Fsp3) is 1.00. The molecule has 1 atom stereocenters. The molecule has 0 saturated heterocycles. The Hall–Kier alpha value is -0.120. The average molecular weight is 270 g/mol. The van der Waals surface area contributed by atoms with Crippen molar-refractivity contribution in [1.29, 1.82) is 0 Å². The molecule has 3 nitrogen and oxygen atoms in total. The summed E-state index contributed by atoms with van der Waals surface area (Å²) in [5.74, 6) is 0.889. The van der Waals surface area contributed by atoms with Crippen molar-refractivity contribution in [3.63, 3.8) is 0 Å². The summed E-state index contributed by atoms with van der Waals surface area (Å²) in [4.78, 5) is 2.34. The van der Waals surface area contributed by atoms with Crippen molar-refractivity contribution in [3.8, 4) is 0 Å². The highest BCUT2D eigenvalue weighted by Crippen LogP contribution is 2.39. The molecular weight excluding hydrogens is 236 g/mol. The van der Waals surface area contributed by atoms with Crippen molar-refractivity contribution in [2.24, 2.45) is 11.3 Å². The SMILES string of the molecule is CCCNCC1(CN(C)C(C)CO)CCC(C)CC1. The highest BCUT2D eigenvalue weighted by molar-refractivity contribution is 4.89. The molecule has 0 aromatic heterocycles. The number of rotatable bonds is 8. The van der Waals surface area contributed by atoms with Gasteiger partial charge in [0.15, 0.2) is 0 Å². The van der Waals surface area contributed by atoms with Gasteiger partial charge < -0.3 is 15.3 Å². The third kappa shape index (κ3) is 5.41. The van der Waals surface area contributed by atoms with Gasteiger partial charge in [-0.05, 0) is 51.1 Å². The van der Waals surface area contributed by atoms with Crippen LogP contribution >= 0.6 is 0 Å². The molecule has 19 heavy (non-hydrogen) atoms. The van der Waals surface area contributed by atoms with Crippen molar-refractivity contribution in [2.75, 3.05) is 33.3 Å². The van der Waals surface area contributed by atoms with Crippen LogP contribution in [0.25, 0.3) is 0 Å². The summed E-state index contributed by atoms with van der Waals surface area (Å²) in [5.41, 5.74) is 0.417. The first-order valence-corrected chi connectivity index (χ1v) is 8.05. The van der Waals surface area contributed by atoms with Crippen molar-refractivity contribution >= 4 is 0 Å². The van der Waals surface area contributed by atoms with Gasteiger partial charge in [0.1, 0.15) is 0 Å². The number of likely N-dealkylation sites (N-methyl/N-ethyl adjacent to an activating group) is 1. The molecule has 0 amide bonds. The average Bonchev–Trinajstić information content (AvgIpc) is 2.41. The number of aliphatic hydroxyl groups excluding tert-OH is 1. The molecule has 0 heterocycles. The summed E-state index contributed by atoms with van der Waals surface area (Å²) < 4.78 is 0. The number of hydrogen-bond acceptors (Lipinski definition) is 3. The Kier molecular flexibility index (Phi) is 7.33. The zero-order chi connectivity index (χ0) is 14.3. The highest BCUT2D eigenvalue weighted by Gasteiger charge is 2.35. The Morgan fingerprint density at radius 1 is 1.37 bits per heavy atom. The molecule has 114 valence electrons. The minimum atomic E-state index is 0.255. The molecule has 1 aliphatic rings. The minimum Gasteiger partial charge on any atom is -0.395 e. The lowest BCUT2D eigenvalue weighted by atomic mass is 9.70. The quantitative estimate of drug-likeness (QED) is 0.665. The van der Waals surface area contributed by atoms with Crippen LogP contribution < -0.4 is 5.32 Å². The lowest BCUT2D eigenvalue weighted by molar-refractivity contribution is 0.0647. The van der Waals surface area contributed by atoms with Crippen LogP contribution in [0.5, 0.6) is 0 Å². The van der Waals surface area contributed by atoms with E-state index in [0.29, 0.717) is 5.41 Å². The molecule has 0 aromatic rings. The van der Waals surface area contributed by atoms with Gasteiger partial charge in [0.25, 0.3) is 0 Å². The third-order valence-corrected chi connectivity index (χ3v) is 4.86. The molecule has 0 aromatic carbocycles. The van der Waals surface area contributed by atoms with E-state index >= 15 is 0 Å². The van der Waals surface area contributed by atoms with E-state index in [2.05, 4.69) is 38.0 Å². The Labute approximate surface area is 119 Å². The first-order valence-electron chi connectivity index (χ1n) is 8.05. The van der Waals surface area contributed by atoms with Gasteiger partial charge in [0, 0.05) is 19.1 Å². The zero-order valence-electron chi connectivity index (χ0n) is 13.4. The van der Waals surface area contributed by atoms with Gasteiger partial charge in [0.2, 0.25) is 0 Å². The summed E-state index contributed by atoms with van der Waals surface area (Å²) in [6.45, 7) is 10.3. The molecule has 0 aliphatic heterocycles. The van der Waals surface area contributed by atoms with Gasteiger partial charge in [-0.2, -0.15) is 0 Å². The van der Waals surface area contributed by atoms with E-state index in [1.807, 2.05) is 0 Å². The molecule has 2 N–H and O–H groups in total. The van der Waals surface area contributed by atoms with E-state index in [-0.39, 0.29) is 12.6 Å². The summed E-state index contributed by atoms with van der Waals surface area (Å²) in [7, 11) is 2.15. The molecule has 1 saturated carbocycles. The molecule has 1 fully saturated rings. The largest absolute Gasteiger partial charge is 0.395 e. The molecule has 1 rings (SSSR count). The second kappa shape index (κ2) is 8.23. The summed E-state index contributed by atoms with van der Waals surface area (Å²) in [6, 6.07) is 0.266. The summed E-state index contributed by atoms with van der Waals surface area (Å²) >= 11 is 0. The summed E-state index contributed by atoms with van der Waals surface area (Å²) in [6.07, 6.45) is 6.57. The van der Waals surface area contributed by atoms with Crippen LogP contribution in [0.1, 0.15) is 52.9 Å². The molecular formula is C16H34N2O. The van der Waals surface area contributed by atoms with Crippen molar-refractivity contribution in [2.45, 2.75) is 58.9 Å². The third-order valence-electron chi connectivity index (χ3n) is 4.86. The van der Waals surface area contributed by atoms with E-state index in [1.54, 1.807) is 0 Å². The molecule has 0 radical (unpaired) electrons. The van der Waals surface area contributed by atoms with Crippen LogP contribution in [-0.4, -0.2) is 49.3 Å². The predicted octanol–water partition coefficient (Wildman–Crippen LogP) is 2.50. The van der Waals surface area contributed by atoms with E-state index in [1.165, 1.54) is 32.1 Å². The van der Waals surface area contributed by atoms with Crippen molar-refractivity contribution in [3.05, 3.63) is 0 Å². The first kappa shape index (κ1) is 16.9. The molecule has 1 aliphatic carbocycles. The maximum atomic E-state index is 9.32. The Bertz CT molecular complexity index is 237. The Morgan fingerprint density at radius 3 is 2.53 bits per heavy atom. The van der Waals surface area contributed by atoms with Gasteiger partial charge in [-0.25, -0.2) is 0 Å². The first-order chi connectivity index (χ1) is 9.03. The Balaban J connectivity index is 2.58. The van der Waals surface area contributed by atoms with E-state index in [9.17, 15) is 5.11 Å². The van der Waals surface area contributed by atoms with Crippen LogP contribution in [0.15, 0.2) is 0 Å². The molecule has 0 bridgehead atoms. The fourth-order valence-corrected chi connectivity index (χ4v) is 3.12. The molecule has 1 unspecified atom stereocenters. The topological polar surface area (TPSA) is 35.5 Å². The van der Waals surface area contributed by atoms with Crippen LogP contribution in [0.3, 0.4) is 0 Å². The van der Waals surface area contributed by atoms with Crippen LogP contribution in [0.4, 0.5) is 0 Å². The standard InChI is InChI=1S/C16H34N2O/c1-5-10-17-12-16(8-6-14(2)7-9-16)13-18(4)15(3)11-19/h14-15,17,19H,5-13H2,1-4H3. The van der Waals surface area contributed by atoms with Crippen LogP contribution in [0.2, 0.25) is 0 Å². The normalized spacial score (nSPS) is 29.7. The predicted molar refractivity (Wildman–Crippen MR) is 82.4 cm³/mol. The van der Waals surface area contributed by atoms with Crippen molar-refractivity contribution < 1.29 is 5.11 Å².